The summed E-state index contributed by atoms with van der Waals surface area (Å²) in [6.45, 7) is 6.17. The van der Waals surface area contributed by atoms with Crippen molar-refractivity contribution in [2.45, 2.75) is 27.2 Å². The van der Waals surface area contributed by atoms with E-state index in [0.717, 1.165) is 11.8 Å². The number of carbonyl (C=O) groups excluding carboxylic acids is 2. The minimum absolute atomic E-state index is 0.238. The fourth-order valence-corrected chi connectivity index (χ4v) is 1.49. The lowest BCUT2D eigenvalue weighted by molar-refractivity contribution is -0.143. The summed E-state index contributed by atoms with van der Waals surface area (Å²) in [5, 5.41) is 0. The van der Waals surface area contributed by atoms with E-state index in [2.05, 4.69) is 0 Å². The largest absolute Gasteiger partial charge is 0.491 e. The molecule has 0 saturated carbocycles. The van der Waals surface area contributed by atoms with Gasteiger partial charge in [-0.15, -0.1) is 0 Å². The zero-order chi connectivity index (χ0) is 15.9. The summed E-state index contributed by atoms with van der Waals surface area (Å²) >= 11 is 0. The van der Waals surface area contributed by atoms with Crippen LogP contribution in [0.1, 0.15) is 26.3 Å². The summed E-state index contributed by atoms with van der Waals surface area (Å²) in [5.74, 6) is 0.582. The number of benzene rings is 1. The molecule has 0 amide bonds. The maximum absolute atomic E-state index is 11.9. The van der Waals surface area contributed by atoms with E-state index in [9.17, 15) is 9.59 Å². The van der Waals surface area contributed by atoms with E-state index in [4.69, 9.17) is 14.2 Å². The Morgan fingerprint density at radius 3 is 2.38 bits per heavy atom. The van der Waals surface area contributed by atoms with Crippen LogP contribution < -0.4 is 9.47 Å². The first-order valence-corrected chi connectivity index (χ1v) is 6.78. The fourth-order valence-electron chi connectivity index (χ4n) is 1.49. The zero-order valence-corrected chi connectivity index (χ0v) is 13.0. The van der Waals surface area contributed by atoms with E-state index >= 15 is 0 Å². The topological polar surface area (TPSA) is 61.8 Å². The molecule has 0 unspecified atom stereocenters. The quantitative estimate of drug-likeness (QED) is 0.334. The highest BCUT2D eigenvalue weighted by Gasteiger charge is 2.24. The minimum atomic E-state index is -0.599. The molecule has 5 nitrogen and oxygen atoms in total. The molecule has 0 spiro atoms. The Morgan fingerprint density at radius 1 is 1.14 bits per heavy atom. The summed E-state index contributed by atoms with van der Waals surface area (Å²) in [7, 11) is 1.59. The van der Waals surface area contributed by atoms with Gasteiger partial charge in [0.25, 0.3) is 0 Å². The van der Waals surface area contributed by atoms with E-state index in [1.807, 2.05) is 0 Å². The van der Waals surface area contributed by atoms with Crippen LogP contribution in [0.4, 0.5) is 0 Å². The highest BCUT2D eigenvalue weighted by atomic mass is 16.5. The molecule has 5 heteroatoms. The molecule has 1 aromatic carbocycles. The highest BCUT2D eigenvalue weighted by molar-refractivity contribution is 5.78. The van der Waals surface area contributed by atoms with Crippen LogP contribution in [-0.2, 0) is 20.7 Å². The third-order valence-electron chi connectivity index (χ3n) is 2.64. The van der Waals surface area contributed by atoms with Crippen LogP contribution in [-0.4, -0.2) is 32.6 Å². The van der Waals surface area contributed by atoms with Crippen molar-refractivity contribution in [3.05, 3.63) is 23.8 Å². The zero-order valence-electron chi connectivity index (χ0n) is 13.0. The number of hydrogen-bond acceptors (Lipinski definition) is 5. The number of methoxy groups -OCH3 is 1. The maximum Gasteiger partial charge on any atom is 0.316 e. The molecule has 0 aliphatic heterocycles. The van der Waals surface area contributed by atoms with Gasteiger partial charge in [0.05, 0.1) is 12.0 Å². The van der Waals surface area contributed by atoms with Gasteiger partial charge in [-0.1, -0.05) is 0 Å². The van der Waals surface area contributed by atoms with Gasteiger partial charge in [-0.2, -0.15) is 0 Å². The van der Waals surface area contributed by atoms with Crippen molar-refractivity contribution in [1.29, 1.82) is 0 Å². The van der Waals surface area contributed by atoms with Gasteiger partial charge in [-0.05, 0) is 38.5 Å². The molecule has 0 radical (unpaired) electrons. The van der Waals surface area contributed by atoms with E-state index < -0.39 is 5.41 Å². The molecule has 0 saturated heterocycles. The number of aldehydes is 1. The van der Waals surface area contributed by atoms with Crippen molar-refractivity contribution in [1.82, 2.24) is 0 Å². The van der Waals surface area contributed by atoms with Crippen LogP contribution in [0.25, 0.3) is 0 Å². The molecular weight excluding hydrogens is 272 g/mol. The van der Waals surface area contributed by atoms with Crippen LogP contribution in [0.5, 0.6) is 11.5 Å². The van der Waals surface area contributed by atoms with Crippen LogP contribution in [0.3, 0.4) is 0 Å². The predicted octanol–water partition coefficient (Wildman–Crippen LogP) is 2.40. The van der Waals surface area contributed by atoms with Crippen LogP contribution in [0.2, 0.25) is 0 Å². The Bertz CT molecular complexity index is 488. The highest BCUT2D eigenvalue weighted by Crippen LogP contribution is 2.26. The molecule has 0 N–H and O–H groups in total. The van der Waals surface area contributed by atoms with Gasteiger partial charge in [0.2, 0.25) is 0 Å². The number of ether oxygens (including phenoxy) is 3. The van der Waals surface area contributed by atoms with Crippen LogP contribution in [0, 0.1) is 5.41 Å². The lowest BCUT2D eigenvalue weighted by atomic mass is 9.97. The molecule has 0 fully saturated rings. The van der Waals surface area contributed by atoms with E-state index in [-0.39, 0.29) is 12.4 Å². The number of hydrogen-bond donors (Lipinski definition) is 0. The molecule has 0 aliphatic rings. The Balaban J connectivity index is 2.91. The standard InChI is InChI=1S/C16H22O5/c1-16(2,3)15(18)21-14-10-12(5-6-17)9-13(11-14)20-8-7-19-4/h6,9-11H,5,7-8H2,1-4H3. The maximum atomic E-state index is 11.9. The van der Waals surface area contributed by atoms with Crippen LogP contribution >= 0.6 is 0 Å². The number of esters is 1. The van der Waals surface area contributed by atoms with Gasteiger partial charge < -0.3 is 19.0 Å². The Morgan fingerprint density at radius 2 is 1.81 bits per heavy atom. The summed E-state index contributed by atoms with van der Waals surface area (Å²) in [6.07, 6.45) is 1.03. The van der Waals surface area contributed by atoms with E-state index in [1.165, 1.54) is 0 Å². The molecule has 0 atom stereocenters. The van der Waals surface area contributed by atoms with Gasteiger partial charge >= 0.3 is 5.97 Å². The molecule has 0 heterocycles. The van der Waals surface area contributed by atoms with Crippen molar-refractivity contribution in [3.8, 4) is 11.5 Å². The summed E-state index contributed by atoms with van der Waals surface area (Å²) in [5.41, 5.74) is 0.134. The van der Waals surface area contributed by atoms with Gasteiger partial charge in [-0.3, -0.25) is 4.79 Å². The molecule has 21 heavy (non-hydrogen) atoms. The van der Waals surface area contributed by atoms with Crippen molar-refractivity contribution in [2.24, 2.45) is 5.41 Å². The van der Waals surface area contributed by atoms with Crippen molar-refractivity contribution >= 4 is 12.3 Å². The molecule has 1 rings (SSSR count). The second-order valence-electron chi connectivity index (χ2n) is 5.66. The molecule has 0 aliphatic carbocycles. The summed E-state index contributed by atoms with van der Waals surface area (Å²) < 4.78 is 15.8. The van der Waals surface area contributed by atoms with E-state index in [1.54, 1.807) is 46.1 Å². The minimum Gasteiger partial charge on any atom is -0.491 e. The van der Waals surface area contributed by atoms with Gasteiger partial charge in [-0.25, -0.2) is 0 Å². The van der Waals surface area contributed by atoms with Crippen LogP contribution in [0.15, 0.2) is 18.2 Å². The number of rotatable bonds is 7. The van der Waals surface area contributed by atoms with Crippen molar-refractivity contribution in [3.63, 3.8) is 0 Å². The fraction of sp³-hybridized carbons (Fsp3) is 0.500. The first-order valence-electron chi connectivity index (χ1n) is 6.78. The average Bonchev–Trinajstić information content (AvgIpc) is 2.38. The molecule has 1 aromatic rings. The average molecular weight is 294 g/mol. The van der Waals surface area contributed by atoms with E-state index in [0.29, 0.717) is 24.7 Å². The normalized spacial score (nSPS) is 11.0. The second kappa shape index (κ2) is 7.78. The SMILES string of the molecule is COCCOc1cc(CC=O)cc(OC(=O)C(C)(C)C)c1. The second-order valence-corrected chi connectivity index (χ2v) is 5.66. The molecule has 0 aromatic heterocycles. The monoisotopic (exact) mass is 294 g/mol. The van der Waals surface area contributed by atoms with Gasteiger partial charge in [0.1, 0.15) is 24.4 Å². The number of carbonyl (C=O) groups is 2. The molecule has 0 bridgehead atoms. The van der Waals surface area contributed by atoms with Crippen molar-refractivity contribution in [2.75, 3.05) is 20.3 Å². The lowest BCUT2D eigenvalue weighted by Gasteiger charge is -2.17. The van der Waals surface area contributed by atoms with Gasteiger partial charge in [0, 0.05) is 19.6 Å². The summed E-state index contributed by atoms with van der Waals surface area (Å²) in [6, 6.07) is 5.05. The molecule has 116 valence electrons. The summed E-state index contributed by atoms with van der Waals surface area (Å²) in [4.78, 5) is 22.6. The Kier molecular flexibility index (Phi) is 6.37. The first kappa shape index (κ1) is 17.2. The molecular formula is C16H22O5. The third kappa shape index (κ3) is 5.95. The lowest BCUT2D eigenvalue weighted by Crippen LogP contribution is -2.25. The first-order chi connectivity index (χ1) is 9.86. The Labute approximate surface area is 125 Å². The smallest absolute Gasteiger partial charge is 0.316 e. The van der Waals surface area contributed by atoms with Crippen molar-refractivity contribution < 1.29 is 23.8 Å². The third-order valence-corrected chi connectivity index (χ3v) is 2.64. The Hall–Kier alpha value is -1.88. The van der Waals surface area contributed by atoms with Gasteiger partial charge in [0.15, 0.2) is 0 Å². The predicted molar refractivity (Wildman–Crippen MR) is 78.7 cm³/mol.